The molecule has 32 heavy (non-hydrogen) atoms. The summed E-state index contributed by atoms with van der Waals surface area (Å²) in [7, 11) is 0. The van der Waals surface area contributed by atoms with Gasteiger partial charge in [-0.05, 0) is 57.9 Å². The lowest BCUT2D eigenvalue weighted by molar-refractivity contribution is 0.0635. The highest BCUT2D eigenvalue weighted by Crippen LogP contribution is 2.31. The lowest BCUT2D eigenvalue weighted by Gasteiger charge is -2.20. The van der Waals surface area contributed by atoms with E-state index in [0.29, 0.717) is 27.2 Å². The van der Waals surface area contributed by atoms with Gasteiger partial charge in [0.25, 0.3) is 11.5 Å². The molecule has 3 aromatic rings. The number of benzene rings is 1. The quantitative estimate of drug-likeness (QED) is 0.604. The molecule has 4 rings (SSSR count). The van der Waals surface area contributed by atoms with E-state index in [1.54, 1.807) is 32.3 Å². The normalized spacial score (nSPS) is 13.2. The van der Waals surface area contributed by atoms with Crippen LogP contribution in [0.3, 0.4) is 0 Å². The molecule has 0 atom stereocenters. The van der Waals surface area contributed by atoms with Gasteiger partial charge in [0.2, 0.25) is 0 Å². The molecule has 8 nitrogen and oxygen atoms in total. The first-order valence-electron chi connectivity index (χ1n) is 10.2. The summed E-state index contributed by atoms with van der Waals surface area (Å²) in [4.78, 5) is 43.4. The average Bonchev–Trinajstić information content (AvgIpc) is 3.27. The van der Waals surface area contributed by atoms with Crippen molar-refractivity contribution in [2.24, 2.45) is 0 Å². The van der Waals surface area contributed by atoms with E-state index in [0.717, 1.165) is 36.1 Å². The van der Waals surface area contributed by atoms with Crippen LogP contribution in [0.4, 0.5) is 20.6 Å². The molecule has 3 heterocycles. The second-order valence-corrected chi connectivity index (χ2v) is 9.59. The molecule has 0 radical (unpaired) electrons. The Hall–Kier alpha value is -3.27. The van der Waals surface area contributed by atoms with Crippen molar-refractivity contribution in [3.63, 3.8) is 0 Å². The predicted octanol–water partition coefficient (Wildman–Crippen LogP) is 4.45. The highest BCUT2D eigenvalue weighted by Gasteiger charge is 2.24. The molecule has 2 amide bonds. The number of carbonyl (C=O) groups is 2. The third-order valence-electron chi connectivity index (χ3n) is 4.98. The van der Waals surface area contributed by atoms with Crippen LogP contribution in [-0.2, 0) is 17.7 Å². The van der Waals surface area contributed by atoms with E-state index in [4.69, 9.17) is 4.74 Å². The molecule has 1 aromatic carbocycles. The zero-order valence-corrected chi connectivity index (χ0v) is 19.0. The van der Waals surface area contributed by atoms with E-state index in [2.05, 4.69) is 15.6 Å². The van der Waals surface area contributed by atoms with Crippen LogP contribution in [0.2, 0.25) is 0 Å². The minimum atomic E-state index is -0.732. The second kappa shape index (κ2) is 8.01. The molecule has 10 heteroatoms. The van der Waals surface area contributed by atoms with Crippen molar-refractivity contribution < 1.29 is 18.7 Å². The van der Waals surface area contributed by atoms with Crippen LogP contribution in [0.25, 0.3) is 10.2 Å². The second-order valence-electron chi connectivity index (χ2n) is 8.60. The van der Waals surface area contributed by atoms with E-state index < -0.39 is 23.4 Å². The maximum absolute atomic E-state index is 13.9. The number of thiophene rings is 1. The van der Waals surface area contributed by atoms with Crippen molar-refractivity contribution in [3.05, 3.63) is 50.6 Å². The molecule has 2 N–H and O–H groups in total. The van der Waals surface area contributed by atoms with E-state index >= 15 is 0 Å². The fraction of sp³-hybridized carbons (Fsp3) is 0.364. The fourth-order valence-electron chi connectivity index (χ4n) is 3.61. The van der Waals surface area contributed by atoms with Gasteiger partial charge in [-0.3, -0.25) is 19.5 Å². The van der Waals surface area contributed by atoms with Crippen molar-refractivity contribution in [2.75, 3.05) is 10.6 Å². The lowest BCUT2D eigenvalue weighted by atomic mass is 10.2. The molecule has 0 bridgehead atoms. The van der Waals surface area contributed by atoms with Crippen molar-refractivity contribution >= 4 is 44.9 Å². The zero-order valence-electron chi connectivity index (χ0n) is 18.2. The van der Waals surface area contributed by atoms with Gasteiger partial charge < -0.3 is 10.1 Å². The highest BCUT2D eigenvalue weighted by molar-refractivity contribution is 7.20. The molecule has 0 saturated carbocycles. The Labute approximate surface area is 187 Å². The Bertz CT molecular complexity index is 1310. The van der Waals surface area contributed by atoms with Gasteiger partial charge in [0.05, 0.1) is 21.6 Å². The first kappa shape index (κ1) is 21.9. The number of nitrogens with one attached hydrogen (secondary N) is 2. The van der Waals surface area contributed by atoms with Gasteiger partial charge in [0, 0.05) is 13.0 Å². The number of amides is 2. The molecule has 0 fully saturated rings. The minimum Gasteiger partial charge on any atom is -0.444 e. The van der Waals surface area contributed by atoms with Crippen LogP contribution in [0.1, 0.15) is 48.3 Å². The number of fused-ring (bicyclic) bond motifs is 2. The third-order valence-corrected chi connectivity index (χ3v) is 6.17. The van der Waals surface area contributed by atoms with Crippen molar-refractivity contribution in [1.82, 2.24) is 9.55 Å². The first-order valence-corrected chi connectivity index (χ1v) is 11.0. The average molecular weight is 459 g/mol. The monoisotopic (exact) mass is 458 g/mol. The smallest absolute Gasteiger partial charge is 0.412 e. The number of aromatic nitrogens is 2. The summed E-state index contributed by atoms with van der Waals surface area (Å²) in [6, 6.07) is 3.61. The lowest BCUT2D eigenvalue weighted by Crippen LogP contribution is -2.27. The van der Waals surface area contributed by atoms with Gasteiger partial charge in [0.1, 0.15) is 22.1 Å². The third kappa shape index (κ3) is 4.22. The van der Waals surface area contributed by atoms with Gasteiger partial charge in [-0.2, -0.15) is 0 Å². The summed E-state index contributed by atoms with van der Waals surface area (Å²) in [5.41, 5.74) is -0.0771. The molecular formula is C22H23FN4O4S. The highest BCUT2D eigenvalue weighted by atomic mass is 32.1. The van der Waals surface area contributed by atoms with E-state index in [9.17, 15) is 18.8 Å². The number of rotatable bonds is 3. The topological polar surface area (TPSA) is 102 Å². The van der Waals surface area contributed by atoms with Crippen LogP contribution >= 0.6 is 11.3 Å². The molecular weight excluding hydrogens is 435 g/mol. The predicted molar refractivity (Wildman–Crippen MR) is 121 cm³/mol. The van der Waals surface area contributed by atoms with Gasteiger partial charge in [-0.15, -0.1) is 11.3 Å². The Morgan fingerprint density at radius 2 is 1.97 bits per heavy atom. The summed E-state index contributed by atoms with van der Waals surface area (Å²) in [5.74, 6) is -0.378. The Morgan fingerprint density at radius 3 is 2.69 bits per heavy atom. The Kier molecular flexibility index (Phi) is 5.49. The molecule has 1 aliphatic heterocycles. The van der Waals surface area contributed by atoms with E-state index in [1.165, 1.54) is 12.1 Å². The number of hydrogen-bond acceptors (Lipinski definition) is 6. The van der Waals surface area contributed by atoms with Crippen molar-refractivity contribution in [2.45, 2.75) is 52.7 Å². The molecule has 1 aliphatic rings. The number of hydrogen-bond donors (Lipinski definition) is 2. The van der Waals surface area contributed by atoms with E-state index in [-0.39, 0.29) is 16.9 Å². The van der Waals surface area contributed by atoms with Crippen LogP contribution in [0.15, 0.2) is 23.0 Å². The summed E-state index contributed by atoms with van der Waals surface area (Å²) >= 11 is 1.12. The number of nitrogens with zero attached hydrogens (tertiary/aromatic N) is 2. The maximum Gasteiger partial charge on any atom is 0.412 e. The Morgan fingerprint density at radius 1 is 1.22 bits per heavy atom. The van der Waals surface area contributed by atoms with Crippen molar-refractivity contribution in [3.8, 4) is 0 Å². The molecule has 0 saturated heterocycles. The zero-order chi connectivity index (χ0) is 23.2. The molecule has 0 aliphatic carbocycles. The van der Waals surface area contributed by atoms with Crippen LogP contribution in [0, 0.1) is 12.7 Å². The van der Waals surface area contributed by atoms with Crippen molar-refractivity contribution in [1.29, 1.82) is 0 Å². The standard InChI is InChI=1S/C22H23FN4O4S/c1-11-16-19(26-15-6-5-9-27(15)20(16)29)32-17(11)18(28)24-14-10-12(23)7-8-13(14)25-21(30)31-22(2,3)4/h7-8,10H,5-6,9H2,1-4H3,(H,24,28)(H,25,30). The number of aryl methyl sites for hydroxylation is 2. The van der Waals surface area contributed by atoms with Gasteiger partial charge in [0.15, 0.2) is 0 Å². The van der Waals surface area contributed by atoms with Crippen LogP contribution in [0.5, 0.6) is 0 Å². The summed E-state index contributed by atoms with van der Waals surface area (Å²) in [5, 5.41) is 5.59. The Balaban J connectivity index is 1.65. The van der Waals surface area contributed by atoms with Crippen LogP contribution in [-0.4, -0.2) is 27.2 Å². The number of halogens is 1. The summed E-state index contributed by atoms with van der Waals surface area (Å²) in [6.45, 7) is 7.48. The largest absolute Gasteiger partial charge is 0.444 e. The van der Waals surface area contributed by atoms with Gasteiger partial charge in [-0.1, -0.05) is 0 Å². The molecule has 2 aromatic heterocycles. The summed E-state index contributed by atoms with van der Waals surface area (Å²) in [6.07, 6.45) is 0.871. The first-order chi connectivity index (χ1) is 15.0. The fourth-order valence-corrected chi connectivity index (χ4v) is 4.70. The van der Waals surface area contributed by atoms with Crippen LogP contribution < -0.4 is 16.2 Å². The number of ether oxygens (including phenoxy) is 1. The van der Waals surface area contributed by atoms with E-state index in [1.807, 2.05) is 0 Å². The summed E-state index contributed by atoms with van der Waals surface area (Å²) < 4.78 is 20.8. The maximum atomic E-state index is 13.9. The molecule has 168 valence electrons. The molecule has 0 spiro atoms. The number of carbonyl (C=O) groups excluding carboxylic acids is 2. The molecule has 0 unspecified atom stereocenters. The number of anilines is 2. The van der Waals surface area contributed by atoms with Gasteiger partial charge >= 0.3 is 6.09 Å². The van der Waals surface area contributed by atoms with Gasteiger partial charge in [-0.25, -0.2) is 14.2 Å². The SMILES string of the molecule is Cc1c(C(=O)Nc2cc(F)ccc2NC(=O)OC(C)(C)C)sc2nc3n(c(=O)c12)CCC3. The minimum absolute atomic E-state index is 0.0740.